The van der Waals surface area contributed by atoms with Gasteiger partial charge >= 0.3 is 0 Å². The maximum absolute atomic E-state index is 12.3. The summed E-state index contributed by atoms with van der Waals surface area (Å²) in [4.78, 5) is 14.6. The summed E-state index contributed by atoms with van der Waals surface area (Å²) < 4.78 is 11.4. The number of ether oxygens (including phenoxy) is 1. The summed E-state index contributed by atoms with van der Waals surface area (Å²) in [5, 5.41) is 0. The highest BCUT2D eigenvalue weighted by Crippen LogP contribution is 2.25. The number of hydrogen-bond acceptors (Lipinski definition) is 5. The van der Waals surface area contributed by atoms with Gasteiger partial charge in [-0.25, -0.2) is 0 Å². The van der Waals surface area contributed by atoms with Gasteiger partial charge in [0.05, 0.1) is 13.2 Å². The molecule has 5 heteroatoms. The van der Waals surface area contributed by atoms with Crippen LogP contribution in [0.15, 0.2) is 45.8 Å². The fraction of sp³-hybridized carbons (Fsp3) is 0.450. The van der Waals surface area contributed by atoms with Crippen molar-refractivity contribution in [3.05, 3.63) is 63.7 Å². The van der Waals surface area contributed by atoms with Crippen molar-refractivity contribution in [2.24, 2.45) is 5.92 Å². The molecule has 1 aromatic carbocycles. The number of thioether (sulfide) groups is 1. The molecule has 1 saturated heterocycles. The van der Waals surface area contributed by atoms with Crippen LogP contribution in [0, 0.1) is 5.92 Å². The molecule has 1 aromatic heterocycles. The van der Waals surface area contributed by atoms with Crippen LogP contribution in [-0.2, 0) is 19.6 Å². The van der Waals surface area contributed by atoms with E-state index in [-0.39, 0.29) is 5.43 Å². The van der Waals surface area contributed by atoms with Gasteiger partial charge in [-0.15, -0.1) is 0 Å². The third-order valence-corrected chi connectivity index (χ3v) is 6.00. The predicted molar refractivity (Wildman–Crippen MR) is 99.9 cm³/mol. The first-order valence-corrected chi connectivity index (χ1v) is 10.0. The van der Waals surface area contributed by atoms with E-state index in [1.165, 1.54) is 41.7 Å². The fourth-order valence-corrected chi connectivity index (χ4v) is 4.69. The first-order valence-electron chi connectivity index (χ1n) is 8.89. The number of benzene rings is 1. The molecule has 4 rings (SSSR count). The molecule has 132 valence electrons. The lowest BCUT2D eigenvalue weighted by molar-refractivity contribution is 0.223. The molecule has 4 nitrogen and oxygen atoms in total. The Morgan fingerprint density at radius 2 is 1.88 bits per heavy atom. The van der Waals surface area contributed by atoms with E-state index in [9.17, 15) is 4.79 Å². The zero-order valence-corrected chi connectivity index (χ0v) is 15.1. The van der Waals surface area contributed by atoms with Crippen LogP contribution in [0.3, 0.4) is 0 Å². The fourth-order valence-electron chi connectivity index (χ4n) is 3.48. The standard InChI is InChI=1S/C20H23NO3S/c22-19-9-18(12-21-10-16-3-1-2-4-17(16)11-21)23-14-20(19)24-13-15-5-7-25-8-6-15/h1-4,9,14-15H,5-8,10-13H2. The van der Waals surface area contributed by atoms with Crippen molar-refractivity contribution in [1.82, 2.24) is 4.90 Å². The summed E-state index contributed by atoms with van der Waals surface area (Å²) in [7, 11) is 0. The van der Waals surface area contributed by atoms with Gasteiger partial charge < -0.3 is 9.15 Å². The van der Waals surface area contributed by atoms with E-state index in [2.05, 4.69) is 29.2 Å². The van der Waals surface area contributed by atoms with Crippen molar-refractivity contribution in [2.75, 3.05) is 18.1 Å². The maximum atomic E-state index is 12.3. The number of fused-ring (bicyclic) bond motifs is 1. The second-order valence-corrected chi connectivity index (χ2v) is 8.08. The van der Waals surface area contributed by atoms with Gasteiger partial charge in [0, 0.05) is 19.2 Å². The molecular weight excluding hydrogens is 334 g/mol. The van der Waals surface area contributed by atoms with Gasteiger partial charge in [-0.1, -0.05) is 24.3 Å². The van der Waals surface area contributed by atoms with Crippen molar-refractivity contribution < 1.29 is 9.15 Å². The van der Waals surface area contributed by atoms with E-state index in [1.807, 2.05) is 11.8 Å². The highest BCUT2D eigenvalue weighted by Gasteiger charge is 2.20. The van der Waals surface area contributed by atoms with E-state index in [4.69, 9.17) is 9.15 Å². The second kappa shape index (κ2) is 7.67. The molecule has 0 radical (unpaired) electrons. The summed E-state index contributed by atoms with van der Waals surface area (Å²) in [5.41, 5.74) is 2.63. The van der Waals surface area contributed by atoms with E-state index < -0.39 is 0 Å². The van der Waals surface area contributed by atoms with Crippen LogP contribution in [-0.4, -0.2) is 23.0 Å². The summed E-state index contributed by atoms with van der Waals surface area (Å²) >= 11 is 2.00. The Bertz CT molecular complexity index is 758. The number of hydrogen-bond donors (Lipinski definition) is 0. The van der Waals surface area contributed by atoms with Crippen LogP contribution < -0.4 is 10.2 Å². The molecule has 0 N–H and O–H groups in total. The zero-order chi connectivity index (χ0) is 17.1. The number of rotatable bonds is 5. The summed E-state index contributed by atoms with van der Waals surface area (Å²) in [6.07, 6.45) is 3.83. The summed E-state index contributed by atoms with van der Waals surface area (Å²) in [6.45, 7) is 3.06. The van der Waals surface area contributed by atoms with E-state index in [0.29, 0.717) is 30.6 Å². The lowest BCUT2D eigenvalue weighted by Gasteiger charge is -2.21. The minimum Gasteiger partial charge on any atom is -0.486 e. The molecule has 0 amide bonds. The van der Waals surface area contributed by atoms with Gasteiger partial charge in [0.15, 0.2) is 0 Å². The first-order chi connectivity index (χ1) is 12.3. The van der Waals surface area contributed by atoms with Crippen molar-refractivity contribution in [3.8, 4) is 5.75 Å². The quantitative estimate of drug-likeness (QED) is 0.817. The first kappa shape index (κ1) is 16.7. The molecule has 0 atom stereocenters. The van der Waals surface area contributed by atoms with Gasteiger partial charge in [-0.05, 0) is 41.4 Å². The van der Waals surface area contributed by atoms with E-state index in [0.717, 1.165) is 13.1 Å². The van der Waals surface area contributed by atoms with Gasteiger partial charge in [-0.2, -0.15) is 11.8 Å². The van der Waals surface area contributed by atoms with Crippen molar-refractivity contribution in [1.29, 1.82) is 0 Å². The van der Waals surface area contributed by atoms with Crippen LogP contribution in [0.25, 0.3) is 0 Å². The average Bonchev–Trinajstić information content (AvgIpc) is 3.04. The Kier molecular flexibility index (Phi) is 5.13. The predicted octanol–water partition coefficient (Wildman–Crippen LogP) is 3.68. The highest BCUT2D eigenvalue weighted by molar-refractivity contribution is 7.99. The molecule has 2 aliphatic heterocycles. The van der Waals surface area contributed by atoms with Gasteiger partial charge in [0.1, 0.15) is 12.0 Å². The minimum absolute atomic E-state index is 0.0804. The molecule has 1 fully saturated rings. The Labute approximate surface area is 152 Å². The second-order valence-electron chi connectivity index (χ2n) is 6.86. The molecule has 2 aromatic rings. The van der Waals surface area contributed by atoms with E-state index >= 15 is 0 Å². The molecule has 2 aliphatic rings. The molecule has 3 heterocycles. The van der Waals surface area contributed by atoms with Crippen LogP contribution in [0.5, 0.6) is 5.75 Å². The lowest BCUT2D eigenvalue weighted by Crippen LogP contribution is -2.20. The maximum Gasteiger partial charge on any atom is 0.227 e. The largest absolute Gasteiger partial charge is 0.486 e. The van der Waals surface area contributed by atoms with Crippen LogP contribution in [0.2, 0.25) is 0 Å². The zero-order valence-electron chi connectivity index (χ0n) is 14.3. The van der Waals surface area contributed by atoms with Crippen LogP contribution in [0.1, 0.15) is 29.7 Å². The number of nitrogens with zero attached hydrogens (tertiary/aromatic N) is 1. The summed E-state index contributed by atoms with van der Waals surface area (Å²) in [5.74, 6) is 3.98. The average molecular weight is 357 g/mol. The Balaban J connectivity index is 1.35. The van der Waals surface area contributed by atoms with Crippen molar-refractivity contribution >= 4 is 11.8 Å². The highest BCUT2D eigenvalue weighted by atomic mass is 32.2. The molecular formula is C20H23NO3S. The van der Waals surface area contributed by atoms with E-state index in [1.54, 1.807) is 6.07 Å². The smallest absolute Gasteiger partial charge is 0.227 e. The van der Waals surface area contributed by atoms with Gasteiger partial charge in [0.25, 0.3) is 0 Å². The summed E-state index contributed by atoms with van der Waals surface area (Å²) in [6, 6.07) is 10.0. The molecule has 0 aliphatic carbocycles. The van der Waals surface area contributed by atoms with Crippen molar-refractivity contribution in [2.45, 2.75) is 32.5 Å². The van der Waals surface area contributed by atoms with Crippen molar-refractivity contribution in [3.63, 3.8) is 0 Å². The molecule has 0 bridgehead atoms. The Hall–Kier alpha value is -1.72. The Morgan fingerprint density at radius 1 is 1.16 bits per heavy atom. The topological polar surface area (TPSA) is 42.7 Å². The normalized spacial score (nSPS) is 18.2. The minimum atomic E-state index is -0.0804. The SMILES string of the molecule is O=c1cc(CN2Cc3ccccc3C2)occ1OCC1CCSCC1. The van der Waals surface area contributed by atoms with Gasteiger partial charge in [-0.3, -0.25) is 9.69 Å². The lowest BCUT2D eigenvalue weighted by atomic mass is 10.0. The molecule has 0 saturated carbocycles. The van der Waals surface area contributed by atoms with Crippen LogP contribution >= 0.6 is 11.8 Å². The molecule has 25 heavy (non-hydrogen) atoms. The third-order valence-electron chi connectivity index (χ3n) is 4.95. The molecule has 0 spiro atoms. The third kappa shape index (κ3) is 4.10. The molecule has 0 unspecified atom stereocenters. The van der Waals surface area contributed by atoms with Gasteiger partial charge in [0.2, 0.25) is 11.2 Å². The Morgan fingerprint density at radius 3 is 2.56 bits per heavy atom. The van der Waals surface area contributed by atoms with Crippen LogP contribution in [0.4, 0.5) is 0 Å². The monoisotopic (exact) mass is 357 g/mol.